The lowest BCUT2D eigenvalue weighted by atomic mass is 10.3. The van der Waals surface area contributed by atoms with E-state index in [-0.39, 0.29) is 0 Å². The number of nitrogens with two attached hydrogens (primary N) is 1. The predicted octanol–water partition coefficient (Wildman–Crippen LogP) is 2.28. The van der Waals surface area contributed by atoms with Crippen LogP contribution in [-0.4, -0.2) is 4.57 Å². The van der Waals surface area contributed by atoms with E-state index in [9.17, 15) is 0 Å². The van der Waals surface area contributed by atoms with Crippen molar-refractivity contribution < 1.29 is 0 Å². The van der Waals surface area contributed by atoms with Crippen LogP contribution in [0.1, 0.15) is 19.8 Å². The zero-order chi connectivity index (χ0) is 10.7. The van der Waals surface area contributed by atoms with Crippen LogP contribution in [0.15, 0.2) is 29.4 Å². The van der Waals surface area contributed by atoms with Crippen molar-refractivity contribution >= 4 is 21.6 Å². The first-order valence-electron chi connectivity index (χ1n) is 5.19. The summed E-state index contributed by atoms with van der Waals surface area (Å²) < 4.78 is 3.45. The number of nitrogens with zero attached hydrogens (tertiary/aromatic N) is 2. The van der Waals surface area contributed by atoms with E-state index >= 15 is 0 Å². The van der Waals surface area contributed by atoms with Crippen molar-refractivity contribution in [3.05, 3.63) is 29.1 Å². The summed E-state index contributed by atoms with van der Waals surface area (Å²) in [5.74, 6) is 5.40. The van der Waals surface area contributed by atoms with Crippen LogP contribution < -0.4 is 10.6 Å². The van der Waals surface area contributed by atoms with E-state index in [4.69, 9.17) is 5.84 Å². The molecular formula is C11H15N3S. The number of hydrogen-bond acceptors (Lipinski definition) is 3. The van der Waals surface area contributed by atoms with Gasteiger partial charge in [-0.05, 0) is 18.6 Å². The molecule has 0 saturated heterocycles. The number of rotatable bonds is 3. The van der Waals surface area contributed by atoms with Crippen LogP contribution in [0.5, 0.6) is 0 Å². The van der Waals surface area contributed by atoms with Crippen LogP contribution in [0.4, 0.5) is 0 Å². The summed E-state index contributed by atoms with van der Waals surface area (Å²) in [6, 6.07) is 8.33. The van der Waals surface area contributed by atoms with Gasteiger partial charge in [-0.2, -0.15) is 5.10 Å². The molecule has 0 aliphatic heterocycles. The first-order chi connectivity index (χ1) is 7.36. The number of aromatic nitrogens is 1. The van der Waals surface area contributed by atoms with Gasteiger partial charge in [0.15, 0.2) is 0 Å². The fourth-order valence-electron chi connectivity index (χ4n) is 1.65. The van der Waals surface area contributed by atoms with Crippen LogP contribution >= 0.6 is 11.3 Å². The van der Waals surface area contributed by atoms with Gasteiger partial charge >= 0.3 is 0 Å². The molecule has 1 aromatic heterocycles. The molecule has 0 saturated carbocycles. The molecule has 0 bridgehead atoms. The number of unbranched alkanes of at least 4 members (excludes halogenated alkanes) is 1. The Morgan fingerprint density at radius 2 is 2.20 bits per heavy atom. The quantitative estimate of drug-likeness (QED) is 0.627. The van der Waals surface area contributed by atoms with Gasteiger partial charge in [-0.15, -0.1) is 0 Å². The van der Waals surface area contributed by atoms with Crippen LogP contribution in [-0.2, 0) is 6.54 Å². The molecule has 2 N–H and O–H groups in total. The Morgan fingerprint density at radius 1 is 1.40 bits per heavy atom. The molecule has 0 unspecified atom stereocenters. The molecule has 3 nitrogen and oxygen atoms in total. The average Bonchev–Trinajstić information content (AvgIpc) is 2.64. The summed E-state index contributed by atoms with van der Waals surface area (Å²) in [7, 11) is 0. The third-order valence-electron chi connectivity index (χ3n) is 2.43. The van der Waals surface area contributed by atoms with Gasteiger partial charge in [-0.25, -0.2) is 0 Å². The van der Waals surface area contributed by atoms with Crippen molar-refractivity contribution in [2.24, 2.45) is 10.9 Å². The summed E-state index contributed by atoms with van der Waals surface area (Å²) in [5.41, 5.74) is 1.24. The second-order valence-corrected chi connectivity index (χ2v) is 4.50. The van der Waals surface area contributed by atoms with E-state index < -0.39 is 0 Å². The molecule has 1 aromatic carbocycles. The summed E-state index contributed by atoms with van der Waals surface area (Å²) >= 11 is 1.65. The molecule has 15 heavy (non-hydrogen) atoms. The predicted molar refractivity (Wildman–Crippen MR) is 64.5 cm³/mol. The summed E-state index contributed by atoms with van der Waals surface area (Å²) in [6.45, 7) is 3.19. The van der Waals surface area contributed by atoms with Gasteiger partial charge in [-0.3, -0.25) is 0 Å². The Bertz CT molecular complexity index is 510. The van der Waals surface area contributed by atoms with Gasteiger partial charge in [0.05, 0.1) is 10.2 Å². The lowest BCUT2D eigenvalue weighted by Crippen LogP contribution is -2.16. The van der Waals surface area contributed by atoms with E-state index in [1.165, 1.54) is 16.6 Å². The van der Waals surface area contributed by atoms with Crippen molar-refractivity contribution in [2.75, 3.05) is 0 Å². The third kappa shape index (κ3) is 1.90. The zero-order valence-corrected chi connectivity index (χ0v) is 9.63. The Hall–Kier alpha value is -1.29. The Balaban J connectivity index is 2.57. The highest BCUT2D eigenvalue weighted by atomic mass is 32.1. The van der Waals surface area contributed by atoms with Gasteiger partial charge in [0.2, 0.25) is 4.80 Å². The topological polar surface area (TPSA) is 43.3 Å². The minimum absolute atomic E-state index is 0.907. The first-order valence-corrected chi connectivity index (χ1v) is 6.00. The van der Waals surface area contributed by atoms with Crippen LogP contribution in [0, 0.1) is 0 Å². The molecule has 1 heterocycles. The first kappa shape index (κ1) is 10.2. The molecule has 80 valence electrons. The lowest BCUT2D eigenvalue weighted by molar-refractivity contribution is 0.632. The lowest BCUT2D eigenvalue weighted by Gasteiger charge is -2.02. The van der Waals surface area contributed by atoms with Crippen LogP contribution in [0.2, 0.25) is 0 Å². The Morgan fingerprint density at radius 3 is 2.93 bits per heavy atom. The molecule has 0 aliphatic carbocycles. The maximum atomic E-state index is 5.40. The highest BCUT2D eigenvalue weighted by molar-refractivity contribution is 7.16. The van der Waals surface area contributed by atoms with Crippen molar-refractivity contribution in [3.63, 3.8) is 0 Å². The normalized spacial score (nSPS) is 12.5. The maximum Gasteiger partial charge on any atom is 0.208 e. The smallest absolute Gasteiger partial charge is 0.208 e. The molecule has 0 aliphatic rings. The van der Waals surface area contributed by atoms with E-state index in [1.54, 1.807) is 11.3 Å². The van der Waals surface area contributed by atoms with Crippen molar-refractivity contribution in [1.29, 1.82) is 0 Å². The molecule has 0 spiro atoms. The minimum Gasteiger partial charge on any atom is -0.320 e. The van der Waals surface area contributed by atoms with Gasteiger partial charge in [0, 0.05) is 6.54 Å². The summed E-state index contributed by atoms with van der Waals surface area (Å²) in [4.78, 5) is 0.907. The largest absolute Gasteiger partial charge is 0.320 e. The number of thiazole rings is 1. The van der Waals surface area contributed by atoms with E-state index in [0.717, 1.165) is 17.8 Å². The number of hydrogen-bond donors (Lipinski definition) is 1. The van der Waals surface area contributed by atoms with Crippen LogP contribution in [0.3, 0.4) is 0 Å². The molecular weight excluding hydrogens is 206 g/mol. The second-order valence-electron chi connectivity index (χ2n) is 3.49. The van der Waals surface area contributed by atoms with Crippen molar-refractivity contribution in [1.82, 2.24) is 4.57 Å². The number of para-hydroxylation sites is 1. The van der Waals surface area contributed by atoms with E-state index in [2.05, 4.69) is 34.8 Å². The molecule has 0 radical (unpaired) electrons. The van der Waals surface area contributed by atoms with Gasteiger partial charge in [0.1, 0.15) is 0 Å². The molecule has 0 amide bonds. The standard InChI is InChI=1S/C11H15N3S/c1-2-3-8-14-9-6-4-5-7-10(9)15-11(14)13-12/h4-7H,2-3,8,12H2,1H3/b13-11+. The number of aryl methyl sites for hydroxylation is 1. The SMILES string of the molecule is CCCCn1/c(=N\N)sc2ccccc21. The zero-order valence-electron chi connectivity index (χ0n) is 8.81. The third-order valence-corrected chi connectivity index (χ3v) is 3.51. The van der Waals surface area contributed by atoms with Crippen LogP contribution in [0.25, 0.3) is 10.2 Å². The van der Waals surface area contributed by atoms with E-state index in [0.29, 0.717) is 0 Å². The number of benzene rings is 1. The highest BCUT2D eigenvalue weighted by Crippen LogP contribution is 2.16. The molecule has 2 aromatic rings. The molecule has 4 heteroatoms. The minimum atomic E-state index is 0.907. The molecule has 2 rings (SSSR count). The Labute approximate surface area is 92.8 Å². The summed E-state index contributed by atoms with van der Waals surface area (Å²) in [5, 5.41) is 3.84. The van der Waals surface area contributed by atoms with Crippen molar-refractivity contribution in [2.45, 2.75) is 26.3 Å². The van der Waals surface area contributed by atoms with Gasteiger partial charge in [-0.1, -0.05) is 36.8 Å². The fraction of sp³-hybridized carbons (Fsp3) is 0.364. The average molecular weight is 221 g/mol. The Kier molecular flexibility index (Phi) is 3.06. The molecule has 0 atom stereocenters. The second kappa shape index (κ2) is 4.49. The fourth-order valence-corrected chi connectivity index (χ4v) is 2.63. The highest BCUT2D eigenvalue weighted by Gasteiger charge is 2.03. The van der Waals surface area contributed by atoms with Crippen molar-refractivity contribution in [3.8, 4) is 0 Å². The maximum absolute atomic E-state index is 5.40. The van der Waals surface area contributed by atoms with E-state index in [1.807, 2.05) is 6.07 Å². The van der Waals surface area contributed by atoms with Gasteiger partial charge in [0.25, 0.3) is 0 Å². The molecule has 0 fully saturated rings. The number of fused-ring (bicyclic) bond motifs is 1. The summed E-state index contributed by atoms with van der Waals surface area (Å²) in [6.07, 6.45) is 2.34. The van der Waals surface area contributed by atoms with Gasteiger partial charge < -0.3 is 10.4 Å². The monoisotopic (exact) mass is 221 g/mol.